The lowest BCUT2D eigenvalue weighted by Crippen LogP contribution is -2.35. The van der Waals surface area contributed by atoms with Gasteiger partial charge in [-0.15, -0.1) is 0 Å². The van der Waals surface area contributed by atoms with Gasteiger partial charge in [-0.3, -0.25) is 14.6 Å². The fourth-order valence-electron chi connectivity index (χ4n) is 1.73. The average Bonchev–Trinajstić information content (AvgIpc) is 3.21. The summed E-state index contributed by atoms with van der Waals surface area (Å²) in [4.78, 5) is 27.3. The number of nitrogens with zero attached hydrogens (tertiary/aromatic N) is 1. The molecule has 1 saturated carbocycles. The minimum absolute atomic E-state index is 0.0797. The SMILES string of the molecule is Cc1ncc(N)cc1C(=O)NCCNC(=O)C1CC1. The standard InChI is InChI=1S/C13H18N4O2/c1-8-11(6-10(14)7-17-8)13(19)16-5-4-15-12(18)9-2-3-9/h6-7,9H,2-5,14H2,1H3,(H,15,18)(H,16,19). The van der Waals surface area contributed by atoms with Crippen LogP contribution in [0.5, 0.6) is 0 Å². The summed E-state index contributed by atoms with van der Waals surface area (Å²) in [6, 6.07) is 1.60. The third kappa shape index (κ3) is 3.67. The van der Waals surface area contributed by atoms with Gasteiger partial charge in [0.05, 0.1) is 23.1 Å². The Balaban J connectivity index is 1.77. The Hall–Kier alpha value is -2.11. The minimum atomic E-state index is -0.224. The van der Waals surface area contributed by atoms with Crippen molar-refractivity contribution in [3.8, 4) is 0 Å². The minimum Gasteiger partial charge on any atom is -0.397 e. The van der Waals surface area contributed by atoms with Gasteiger partial charge in [-0.05, 0) is 25.8 Å². The molecule has 1 fully saturated rings. The van der Waals surface area contributed by atoms with E-state index in [1.807, 2.05) is 0 Å². The maximum absolute atomic E-state index is 11.9. The van der Waals surface area contributed by atoms with Gasteiger partial charge in [0.2, 0.25) is 5.91 Å². The molecule has 1 aromatic rings. The number of carbonyl (C=O) groups excluding carboxylic acids is 2. The highest BCUT2D eigenvalue weighted by atomic mass is 16.2. The normalized spacial score (nSPS) is 13.9. The average molecular weight is 262 g/mol. The van der Waals surface area contributed by atoms with Crippen molar-refractivity contribution in [3.63, 3.8) is 0 Å². The molecule has 0 spiro atoms. The summed E-state index contributed by atoms with van der Waals surface area (Å²) < 4.78 is 0. The largest absolute Gasteiger partial charge is 0.397 e. The van der Waals surface area contributed by atoms with Crippen molar-refractivity contribution in [2.24, 2.45) is 5.92 Å². The molecule has 2 rings (SSSR count). The third-order valence-corrected chi connectivity index (χ3v) is 3.01. The molecule has 0 unspecified atom stereocenters. The fourth-order valence-corrected chi connectivity index (χ4v) is 1.73. The van der Waals surface area contributed by atoms with Crippen LogP contribution in [0.3, 0.4) is 0 Å². The molecule has 0 radical (unpaired) electrons. The first-order valence-electron chi connectivity index (χ1n) is 6.36. The van der Waals surface area contributed by atoms with Crippen LogP contribution in [-0.2, 0) is 4.79 Å². The molecule has 0 aromatic carbocycles. The Labute approximate surface area is 111 Å². The summed E-state index contributed by atoms with van der Waals surface area (Å²) in [5.74, 6) is 0.0464. The van der Waals surface area contributed by atoms with Gasteiger partial charge in [-0.25, -0.2) is 0 Å². The topological polar surface area (TPSA) is 97.1 Å². The molecule has 0 bridgehead atoms. The van der Waals surface area contributed by atoms with E-state index in [0.29, 0.717) is 30.0 Å². The van der Waals surface area contributed by atoms with Gasteiger partial charge in [-0.2, -0.15) is 0 Å². The van der Waals surface area contributed by atoms with Crippen LogP contribution in [0.15, 0.2) is 12.3 Å². The number of anilines is 1. The summed E-state index contributed by atoms with van der Waals surface area (Å²) in [7, 11) is 0. The highest BCUT2D eigenvalue weighted by Crippen LogP contribution is 2.28. The number of aryl methyl sites for hydroxylation is 1. The lowest BCUT2D eigenvalue weighted by Gasteiger charge is -2.08. The van der Waals surface area contributed by atoms with E-state index in [9.17, 15) is 9.59 Å². The van der Waals surface area contributed by atoms with Gasteiger partial charge >= 0.3 is 0 Å². The highest BCUT2D eigenvalue weighted by Gasteiger charge is 2.28. The van der Waals surface area contributed by atoms with E-state index < -0.39 is 0 Å². The number of nitrogens with two attached hydrogens (primary N) is 1. The zero-order chi connectivity index (χ0) is 13.8. The number of nitrogens with one attached hydrogen (secondary N) is 2. The summed E-state index contributed by atoms with van der Waals surface area (Å²) in [5.41, 5.74) is 7.16. The maximum Gasteiger partial charge on any atom is 0.253 e. The molecule has 102 valence electrons. The summed E-state index contributed by atoms with van der Waals surface area (Å²) >= 11 is 0. The quantitative estimate of drug-likeness (QED) is 0.662. The monoisotopic (exact) mass is 262 g/mol. The number of rotatable bonds is 5. The first-order chi connectivity index (χ1) is 9.08. The molecule has 6 nitrogen and oxygen atoms in total. The Morgan fingerprint density at radius 3 is 2.74 bits per heavy atom. The second-order valence-electron chi connectivity index (χ2n) is 4.72. The van der Waals surface area contributed by atoms with Crippen LogP contribution in [0, 0.1) is 12.8 Å². The molecule has 4 N–H and O–H groups in total. The molecule has 2 amide bonds. The van der Waals surface area contributed by atoms with E-state index in [-0.39, 0.29) is 17.7 Å². The van der Waals surface area contributed by atoms with Crippen LogP contribution in [0.1, 0.15) is 28.9 Å². The van der Waals surface area contributed by atoms with E-state index in [1.54, 1.807) is 13.0 Å². The molecule has 19 heavy (non-hydrogen) atoms. The van der Waals surface area contributed by atoms with Crippen molar-refractivity contribution in [1.29, 1.82) is 0 Å². The zero-order valence-electron chi connectivity index (χ0n) is 10.9. The zero-order valence-corrected chi connectivity index (χ0v) is 10.9. The Kier molecular flexibility index (Phi) is 3.99. The van der Waals surface area contributed by atoms with E-state index in [0.717, 1.165) is 12.8 Å². The first-order valence-corrected chi connectivity index (χ1v) is 6.36. The van der Waals surface area contributed by atoms with Crippen LogP contribution in [-0.4, -0.2) is 29.9 Å². The Morgan fingerprint density at radius 1 is 1.37 bits per heavy atom. The van der Waals surface area contributed by atoms with Crippen LogP contribution in [0.25, 0.3) is 0 Å². The van der Waals surface area contributed by atoms with E-state index in [4.69, 9.17) is 5.73 Å². The van der Waals surface area contributed by atoms with Crippen molar-refractivity contribution in [1.82, 2.24) is 15.6 Å². The van der Waals surface area contributed by atoms with Crippen molar-refractivity contribution >= 4 is 17.5 Å². The third-order valence-electron chi connectivity index (χ3n) is 3.01. The number of amides is 2. The molecular weight excluding hydrogens is 244 g/mol. The van der Waals surface area contributed by atoms with Crippen molar-refractivity contribution < 1.29 is 9.59 Å². The molecular formula is C13H18N4O2. The van der Waals surface area contributed by atoms with Gasteiger partial charge in [0.25, 0.3) is 5.91 Å². The van der Waals surface area contributed by atoms with Crippen molar-refractivity contribution in [2.75, 3.05) is 18.8 Å². The van der Waals surface area contributed by atoms with Gasteiger partial charge < -0.3 is 16.4 Å². The van der Waals surface area contributed by atoms with Gasteiger partial charge in [-0.1, -0.05) is 0 Å². The first kappa shape index (κ1) is 13.3. The molecule has 1 aliphatic carbocycles. The second-order valence-corrected chi connectivity index (χ2v) is 4.72. The number of hydrogen-bond acceptors (Lipinski definition) is 4. The predicted molar refractivity (Wildman–Crippen MR) is 71.5 cm³/mol. The Bertz CT molecular complexity index is 497. The second kappa shape index (κ2) is 5.69. The summed E-state index contributed by atoms with van der Waals surface area (Å²) in [5, 5.41) is 5.52. The van der Waals surface area contributed by atoms with Crippen LogP contribution in [0.4, 0.5) is 5.69 Å². The van der Waals surface area contributed by atoms with E-state index >= 15 is 0 Å². The molecule has 6 heteroatoms. The fraction of sp³-hybridized carbons (Fsp3) is 0.462. The molecule has 1 aliphatic rings. The van der Waals surface area contributed by atoms with Crippen LogP contribution >= 0.6 is 0 Å². The number of nitrogen functional groups attached to an aromatic ring is 1. The summed E-state index contributed by atoms with van der Waals surface area (Å²) in [6.07, 6.45) is 3.47. The maximum atomic E-state index is 11.9. The number of carbonyl (C=O) groups is 2. The van der Waals surface area contributed by atoms with Crippen molar-refractivity contribution in [3.05, 3.63) is 23.5 Å². The van der Waals surface area contributed by atoms with E-state index in [1.165, 1.54) is 6.20 Å². The molecule has 1 heterocycles. The molecule has 1 aromatic heterocycles. The van der Waals surface area contributed by atoms with Crippen LogP contribution < -0.4 is 16.4 Å². The smallest absolute Gasteiger partial charge is 0.253 e. The number of hydrogen-bond donors (Lipinski definition) is 3. The molecule has 0 atom stereocenters. The lowest BCUT2D eigenvalue weighted by molar-refractivity contribution is -0.122. The number of aromatic nitrogens is 1. The highest BCUT2D eigenvalue weighted by molar-refractivity contribution is 5.95. The predicted octanol–water partition coefficient (Wildman–Crippen LogP) is 0.228. The summed E-state index contributed by atoms with van der Waals surface area (Å²) in [6.45, 7) is 2.59. The van der Waals surface area contributed by atoms with Gasteiger partial charge in [0.1, 0.15) is 0 Å². The van der Waals surface area contributed by atoms with Gasteiger partial charge in [0.15, 0.2) is 0 Å². The van der Waals surface area contributed by atoms with Crippen LogP contribution in [0.2, 0.25) is 0 Å². The van der Waals surface area contributed by atoms with E-state index in [2.05, 4.69) is 15.6 Å². The van der Waals surface area contributed by atoms with Gasteiger partial charge in [0, 0.05) is 19.0 Å². The van der Waals surface area contributed by atoms with Crippen molar-refractivity contribution in [2.45, 2.75) is 19.8 Å². The Morgan fingerprint density at radius 2 is 2.05 bits per heavy atom. The lowest BCUT2D eigenvalue weighted by atomic mass is 10.2. The molecule has 0 aliphatic heterocycles. The molecule has 0 saturated heterocycles. The number of pyridine rings is 1.